The molecule has 1 aromatic heterocycles. The number of imidazole rings is 1. The second-order valence-electron chi connectivity index (χ2n) is 7.09. The highest BCUT2D eigenvalue weighted by molar-refractivity contribution is 5.04. The minimum absolute atomic E-state index is 0.0568. The van der Waals surface area contributed by atoms with Gasteiger partial charge in [-0.2, -0.15) is 0 Å². The summed E-state index contributed by atoms with van der Waals surface area (Å²) in [6.45, 7) is 4.15. The van der Waals surface area contributed by atoms with E-state index in [4.69, 9.17) is 4.74 Å². The minimum Gasteiger partial charge on any atom is -0.396 e. The van der Waals surface area contributed by atoms with Crippen molar-refractivity contribution in [3.8, 4) is 0 Å². The van der Waals surface area contributed by atoms with Crippen LogP contribution in [-0.2, 0) is 11.3 Å². The summed E-state index contributed by atoms with van der Waals surface area (Å²) in [6, 6.07) is 0.687. The predicted octanol–water partition coefficient (Wildman–Crippen LogP) is 2.22. The van der Waals surface area contributed by atoms with Crippen molar-refractivity contribution in [3.05, 3.63) is 18.2 Å². The van der Waals surface area contributed by atoms with Crippen LogP contribution in [0.25, 0.3) is 0 Å². The number of rotatable bonds is 8. The van der Waals surface area contributed by atoms with Crippen LogP contribution in [0.1, 0.15) is 50.3 Å². The van der Waals surface area contributed by atoms with E-state index in [0.29, 0.717) is 6.04 Å². The Morgan fingerprint density at radius 3 is 3.05 bits per heavy atom. The van der Waals surface area contributed by atoms with Crippen molar-refractivity contribution in [2.75, 3.05) is 33.4 Å². The fourth-order valence-electron chi connectivity index (χ4n) is 3.81. The molecule has 0 aromatic carbocycles. The highest BCUT2D eigenvalue weighted by Gasteiger charge is 2.35. The van der Waals surface area contributed by atoms with Crippen molar-refractivity contribution in [1.82, 2.24) is 14.5 Å². The molecule has 5 nitrogen and oxygen atoms in total. The zero-order valence-electron chi connectivity index (χ0n) is 13.7. The number of ether oxygens (including phenoxy) is 1. The Morgan fingerprint density at radius 2 is 2.32 bits per heavy atom. The lowest BCUT2D eigenvalue weighted by Gasteiger charge is -2.42. The maximum absolute atomic E-state index is 9.95. The predicted molar refractivity (Wildman–Crippen MR) is 85.6 cm³/mol. The van der Waals surface area contributed by atoms with Crippen LogP contribution in [0.4, 0.5) is 0 Å². The van der Waals surface area contributed by atoms with Gasteiger partial charge in [-0.15, -0.1) is 0 Å². The Kier molecular flexibility index (Phi) is 5.16. The van der Waals surface area contributed by atoms with E-state index in [0.717, 1.165) is 45.5 Å². The van der Waals surface area contributed by atoms with Crippen molar-refractivity contribution in [3.63, 3.8) is 0 Å². The van der Waals surface area contributed by atoms with Gasteiger partial charge in [-0.25, -0.2) is 4.98 Å². The monoisotopic (exact) mass is 307 g/mol. The number of aliphatic hydroxyl groups excluding tert-OH is 1. The summed E-state index contributed by atoms with van der Waals surface area (Å²) in [5.74, 6) is 0. The van der Waals surface area contributed by atoms with Crippen LogP contribution in [0.15, 0.2) is 12.5 Å². The van der Waals surface area contributed by atoms with Gasteiger partial charge in [0.15, 0.2) is 0 Å². The van der Waals surface area contributed by atoms with Crippen molar-refractivity contribution in [1.29, 1.82) is 0 Å². The van der Waals surface area contributed by atoms with Gasteiger partial charge in [0.05, 0.1) is 12.0 Å². The smallest absolute Gasteiger partial charge is 0.0951 e. The van der Waals surface area contributed by atoms with Gasteiger partial charge in [-0.3, -0.25) is 4.90 Å². The zero-order chi connectivity index (χ0) is 15.4. The SMILES string of the molecule is COCCC[C@]1(CO)CCCN(Cc2cncn2C2CC2)C1. The number of hydrogen-bond acceptors (Lipinski definition) is 4. The first-order chi connectivity index (χ1) is 10.8. The van der Waals surface area contributed by atoms with E-state index in [1.807, 2.05) is 12.5 Å². The summed E-state index contributed by atoms with van der Waals surface area (Å²) in [5.41, 5.74) is 1.38. The molecular formula is C17H29N3O2. The molecule has 3 rings (SSSR count). The van der Waals surface area contributed by atoms with Crippen molar-refractivity contribution in [2.24, 2.45) is 5.41 Å². The standard InChI is InChI=1S/C17H29N3O2/c1-22-9-3-7-17(13-21)6-2-8-19(12-17)11-16-10-18-14-20(16)15-4-5-15/h10,14-15,21H,2-9,11-13H2,1H3/t17-/m1/s1. The third-order valence-corrected chi connectivity index (χ3v) is 5.20. The van der Waals surface area contributed by atoms with E-state index in [-0.39, 0.29) is 12.0 Å². The molecule has 1 atom stereocenters. The van der Waals surface area contributed by atoms with Crippen molar-refractivity contribution in [2.45, 2.75) is 51.1 Å². The summed E-state index contributed by atoms with van der Waals surface area (Å²) in [4.78, 5) is 6.84. The average molecular weight is 307 g/mol. The van der Waals surface area contributed by atoms with Crippen molar-refractivity contribution < 1.29 is 9.84 Å². The fraction of sp³-hybridized carbons (Fsp3) is 0.824. The zero-order valence-corrected chi connectivity index (χ0v) is 13.7. The Balaban J connectivity index is 1.60. The van der Waals surface area contributed by atoms with Gasteiger partial charge in [0.1, 0.15) is 0 Å². The van der Waals surface area contributed by atoms with Gasteiger partial charge in [-0.1, -0.05) is 0 Å². The summed E-state index contributed by atoms with van der Waals surface area (Å²) in [6.07, 6.45) is 11.0. The van der Waals surface area contributed by atoms with Gasteiger partial charge in [0.2, 0.25) is 0 Å². The van der Waals surface area contributed by atoms with Crippen LogP contribution >= 0.6 is 0 Å². The maximum atomic E-state index is 9.95. The molecule has 0 radical (unpaired) electrons. The number of hydrogen-bond donors (Lipinski definition) is 1. The molecule has 0 unspecified atom stereocenters. The fourth-order valence-corrected chi connectivity index (χ4v) is 3.81. The topological polar surface area (TPSA) is 50.5 Å². The number of piperidine rings is 1. The highest BCUT2D eigenvalue weighted by Crippen LogP contribution is 2.37. The second kappa shape index (κ2) is 7.11. The molecule has 1 aromatic rings. The average Bonchev–Trinajstić information content (AvgIpc) is 3.28. The van der Waals surface area contributed by atoms with E-state index in [1.165, 1.54) is 25.0 Å². The number of nitrogens with zero attached hydrogens (tertiary/aromatic N) is 3. The summed E-state index contributed by atoms with van der Waals surface area (Å²) < 4.78 is 7.52. The number of aromatic nitrogens is 2. The minimum atomic E-state index is 0.0568. The highest BCUT2D eigenvalue weighted by atomic mass is 16.5. The van der Waals surface area contributed by atoms with Crippen LogP contribution in [0, 0.1) is 5.41 Å². The van der Waals surface area contributed by atoms with E-state index in [1.54, 1.807) is 7.11 Å². The maximum Gasteiger partial charge on any atom is 0.0951 e. The molecule has 124 valence electrons. The van der Waals surface area contributed by atoms with Crippen LogP contribution in [0.3, 0.4) is 0 Å². The third-order valence-electron chi connectivity index (χ3n) is 5.20. The number of likely N-dealkylation sites (tertiary alicyclic amines) is 1. The molecule has 22 heavy (non-hydrogen) atoms. The van der Waals surface area contributed by atoms with Gasteiger partial charge in [0, 0.05) is 51.1 Å². The lowest BCUT2D eigenvalue weighted by molar-refractivity contribution is 0.0150. The lowest BCUT2D eigenvalue weighted by Crippen LogP contribution is -2.45. The first kappa shape index (κ1) is 16.0. The molecule has 2 aliphatic rings. The summed E-state index contributed by atoms with van der Waals surface area (Å²) >= 11 is 0. The molecule has 2 heterocycles. The van der Waals surface area contributed by atoms with Crippen LogP contribution in [0.5, 0.6) is 0 Å². The molecular weight excluding hydrogens is 278 g/mol. The lowest BCUT2D eigenvalue weighted by atomic mass is 9.77. The quantitative estimate of drug-likeness (QED) is 0.748. The van der Waals surface area contributed by atoms with E-state index < -0.39 is 0 Å². The molecule has 1 N–H and O–H groups in total. The van der Waals surface area contributed by atoms with Gasteiger partial charge >= 0.3 is 0 Å². The largest absolute Gasteiger partial charge is 0.396 e. The molecule has 1 aliphatic heterocycles. The molecule has 5 heteroatoms. The van der Waals surface area contributed by atoms with Crippen LogP contribution < -0.4 is 0 Å². The molecule has 2 fully saturated rings. The molecule has 1 saturated heterocycles. The number of methoxy groups -OCH3 is 1. The molecule has 1 aliphatic carbocycles. The van der Waals surface area contributed by atoms with E-state index in [2.05, 4.69) is 14.5 Å². The van der Waals surface area contributed by atoms with Gasteiger partial charge in [-0.05, 0) is 45.1 Å². The second-order valence-corrected chi connectivity index (χ2v) is 7.09. The molecule has 0 amide bonds. The third kappa shape index (κ3) is 3.70. The Labute approximate surface area is 133 Å². The van der Waals surface area contributed by atoms with Crippen molar-refractivity contribution >= 4 is 0 Å². The number of aliphatic hydroxyl groups is 1. The van der Waals surface area contributed by atoms with Crippen LogP contribution in [-0.4, -0.2) is 53.0 Å². The Bertz CT molecular complexity index is 472. The molecule has 1 saturated carbocycles. The van der Waals surface area contributed by atoms with Gasteiger partial charge in [0.25, 0.3) is 0 Å². The first-order valence-corrected chi connectivity index (χ1v) is 8.59. The molecule has 0 bridgehead atoms. The van der Waals surface area contributed by atoms with E-state index in [9.17, 15) is 5.11 Å². The van der Waals surface area contributed by atoms with Gasteiger partial charge < -0.3 is 14.4 Å². The summed E-state index contributed by atoms with van der Waals surface area (Å²) in [7, 11) is 1.75. The summed E-state index contributed by atoms with van der Waals surface area (Å²) in [5, 5.41) is 9.95. The first-order valence-electron chi connectivity index (χ1n) is 8.59. The Hall–Kier alpha value is -0.910. The Morgan fingerprint density at radius 1 is 1.45 bits per heavy atom. The van der Waals surface area contributed by atoms with Crippen LogP contribution in [0.2, 0.25) is 0 Å². The molecule has 0 spiro atoms. The van der Waals surface area contributed by atoms with E-state index >= 15 is 0 Å². The normalized spacial score (nSPS) is 26.5.